The van der Waals surface area contributed by atoms with Crippen LogP contribution in [0.4, 0.5) is 0 Å². The van der Waals surface area contributed by atoms with Crippen molar-refractivity contribution in [3.63, 3.8) is 0 Å². The van der Waals surface area contributed by atoms with E-state index in [4.69, 9.17) is 4.43 Å². The molecule has 0 aliphatic carbocycles. The molecule has 0 unspecified atom stereocenters. The van der Waals surface area contributed by atoms with E-state index < -0.39 is 0 Å². The zero-order chi connectivity index (χ0) is 12.5. The Bertz CT molecular complexity index is 417. The molecule has 0 radical (unpaired) electrons. The van der Waals surface area contributed by atoms with Crippen molar-refractivity contribution >= 4 is 16.8 Å². The molecular weight excluding hydrogens is 216 g/mol. The molecule has 0 aliphatic rings. The Labute approximate surface area is 101 Å². The first kappa shape index (κ1) is 13.0. The van der Waals surface area contributed by atoms with Gasteiger partial charge in [0, 0.05) is 5.56 Å². The summed E-state index contributed by atoms with van der Waals surface area (Å²) in [6, 6.07) is 1.91. The summed E-state index contributed by atoms with van der Waals surface area (Å²) in [6.07, 6.45) is 0.884. The van der Waals surface area contributed by atoms with Crippen LogP contribution < -0.4 is 4.43 Å². The Kier molecular flexibility index (Phi) is 3.58. The predicted octanol–water partition coefficient (Wildman–Crippen LogP) is 2.07. The SMILES string of the molecule is Cc1cc(C=O)c(O[SiH3])c(C(C)(C)C)c1C. The summed E-state index contributed by atoms with van der Waals surface area (Å²) in [5.41, 5.74) is 4.19. The maximum absolute atomic E-state index is 11.1. The molecule has 0 saturated heterocycles. The number of hydrogen-bond donors (Lipinski definition) is 0. The Morgan fingerprint density at radius 2 is 1.88 bits per heavy atom. The van der Waals surface area contributed by atoms with E-state index in [0.717, 1.165) is 23.2 Å². The van der Waals surface area contributed by atoms with Gasteiger partial charge in [-0.2, -0.15) is 0 Å². The number of carbonyl (C=O) groups excluding carboxylic acids is 1. The fourth-order valence-corrected chi connectivity index (χ4v) is 2.57. The summed E-state index contributed by atoms with van der Waals surface area (Å²) in [4.78, 5) is 11.1. The number of rotatable bonds is 2. The lowest BCUT2D eigenvalue weighted by Crippen LogP contribution is -2.17. The van der Waals surface area contributed by atoms with Crippen LogP contribution in [0.15, 0.2) is 6.07 Å². The summed E-state index contributed by atoms with van der Waals surface area (Å²) >= 11 is 0. The predicted molar refractivity (Wildman–Crippen MR) is 70.6 cm³/mol. The van der Waals surface area contributed by atoms with Gasteiger partial charge in [-0.1, -0.05) is 20.8 Å². The number of aryl methyl sites for hydroxylation is 1. The van der Waals surface area contributed by atoms with Crippen LogP contribution in [-0.2, 0) is 5.41 Å². The van der Waals surface area contributed by atoms with E-state index >= 15 is 0 Å². The lowest BCUT2D eigenvalue weighted by Gasteiger charge is -2.27. The van der Waals surface area contributed by atoms with E-state index in [2.05, 4.69) is 27.7 Å². The average molecular weight is 236 g/mol. The number of benzene rings is 1. The van der Waals surface area contributed by atoms with Crippen molar-refractivity contribution in [1.29, 1.82) is 0 Å². The molecule has 0 spiro atoms. The molecule has 1 aromatic carbocycles. The maximum atomic E-state index is 11.1. The summed E-state index contributed by atoms with van der Waals surface area (Å²) in [5, 5.41) is 0. The molecule has 2 nitrogen and oxygen atoms in total. The normalized spacial score (nSPS) is 11.6. The minimum absolute atomic E-state index is 0.00634. The monoisotopic (exact) mass is 236 g/mol. The van der Waals surface area contributed by atoms with Gasteiger partial charge in [-0.3, -0.25) is 4.79 Å². The first-order valence-electron chi connectivity index (χ1n) is 5.46. The van der Waals surface area contributed by atoms with Gasteiger partial charge in [0.1, 0.15) is 5.75 Å². The van der Waals surface area contributed by atoms with Crippen LogP contribution in [-0.4, -0.2) is 16.8 Å². The van der Waals surface area contributed by atoms with Crippen LogP contribution in [0.25, 0.3) is 0 Å². The molecule has 0 N–H and O–H groups in total. The second kappa shape index (κ2) is 4.42. The summed E-state index contributed by atoms with van der Waals surface area (Å²) in [6.45, 7) is 10.6. The third-order valence-electron chi connectivity index (χ3n) is 2.91. The Hall–Kier alpha value is -1.09. The standard InChI is InChI=1S/C13H20O2Si/c1-8-6-10(7-14)12(15-16)11(9(8)2)13(3,4)5/h6-7H,1-5,16H3. The van der Waals surface area contributed by atoms with Gasteiger partial charge in [0.05, 0.1) is 5.56 Å². The lowest BCUT2D eigenvalue weighted by molar-refractivity contribution is 0.112. The van der Waals surface area contributed by atoms with Crippen molar-refractivity contribution in [2.45, 2.75) is 40.0 Å². The van der Waals surface area contributed by atoms with Gasteiger partial charge in [-0.05, 0) is 36.5 Å². The second-order valence-corrected chi connectivity index (χ2v) is 5.59. The first-order valence-corrected chi connectivity index (χ1v) is 6.28. The molecule has 0 atom stereocenters. The van der Waals surface area contributed by atoms with Crippen LogP contribution >= 0.6 is 0 Å². The molecule has 0 fully saturated rings. The molecule has 0 bridgehead atoms. The molecule has 16 heavy (non-hydrogen) atoms. The third-order valence-corrected chi connectivity index (χ3v) is 3.32. The van der Waals surface area contributed by atoms with Gasteiger partial charge >= 0.3 is 0 Å². The van der Waals surface area contributed by atoms with Gasteiger partial charge in [0.2, 0.25) is 10.5 Å². The Morgan fingerprint density at radius 3 is 2.25 bits per heavy atom. The smallest absolute Gasteiger partial charge is 0.204 e. The molecule has 1 rings (SSSR count). The topological polar surface area (TPSA) is 26.3 Å². The number of aldehydes is 1. The van der Waals surface area contributed by atoms with E-state index in [1.54, 1.807) is 0 Å². The van der Waals surface area contributed by atoms with Crippen LogP contribution in [0.1, 0.15) is 47.8 Å². The lowest BCUT2D eigenvalue weighted by atomic mass is 9.81. The quantitative estimate of drug-likeness (QED) is 0.580. The Balaban J connectivity index is 3.67. The highest BCUT2D eigenvalue weighted by atomic mass is 28.2. The molecule has 0 heterocycles. The van der Waals surface area contributed by atoms with E-state index in [-0.39, 0.29) is 5.41 Å². The van der Waals surface area contributed by atoms with Gasteiger partial charge < -0.3 is 4.43 Å². The third kappa shape index (κ3) is 2.19. The summed E-state index contributed by atoms with van der Waals surface area (Å²) in [5.74, 6) is 0.775. The molecule has 0 aliphatic heterocycles. The van der Waals surface area contributed by atoms with Crippen LogP contribution in [0.3, 0.4) is 0 Å². The molecule has 3 heteroatoms. The van der Waals surface area contributed by atoms with Gasteiger partial charge in [0.15, 0.2) is 6.29 Å². The average Bonchev–Trinajstić information content (AvgIpc) is 2.19. The van der Waals surface area contributed by atoms with Crippen molar-refractivity contribution in [1.82, 2.24) is 0 Å². The maximum Gasteiger partial charge on any atom is 0.204 e. The van der Waals surface area contributed by atoms with E-state index in [9.17, 15) is 4.79 Å². The molecule has 0 aromatic heterocycles. The zero-order valence-electron chi connectivity index (χ0n) is 11.0. The van der Waals surface area contributed by atoms with E-state index in [1.807, 2.05) is 13.0 Å². The zero-order valence-corrected chi connectivity index (χ0v) is 13.0. The molecule has 1 aromatic rings. The molecular formula is C13H20O2Si. The highest BCUT2D eigenvalue weighted by molar-refractivity contribution is 6.01. The fraction of sp³-hybridized carbons (Fsp3) is 0.462. The van der Waals surface area contributed by atoms with Crippen molar-refractivity contribution in [3.05, 3.63) is 28.3 Å². The fourth-order valence-electron chi connectivity index (χ4n) is 2.13. The number of hydrogen-bond acceptors (Lipinski definition) is 2. The molecule has 0 saturated carbocycles. The van der Waals surface area contributed by atoms with Gasteiger partial charge in [-0.15, -0.1) is 0 Å². The summed E-state index contributed by atoms with van der Waals surface area (Å²) < 4.78 is 5.54. The highest BCUT2D eigenvalue weighted by Crippen LogP contribution is 2.37. The molecule has 0 amide bonds. The van der Waals surface area contributed by atoms with Crippen molar-refractivity contribution in [3.8, 4) is 5.75 Å². The van der Waals surface area contributed by atoms with Crippen molar-refractivity contribution in [2.75, 3.05) is 0 Å². The van der Waals surface area contributed by atoms with Crippen molar-refractivity contribution < 1.29 is 9.22 Å². The van der Waals surface area contributed by atoms with Gasteiger partial charge in [0.25, 0.3) is 0 Å². The van der Waals surface area contributed by atoms with E-state index in [1.165, 1.54) is 5.56 Å². The summed E-state index contributed by atoms with van der Waals surface area (Å²) in [7, 11) is 0.599. The van der Waals surface area contributed by atoms with Crippen LogP contribution in [0.5, 0.6) is 5.75 Å². The minimum atomic E-state index is -0.00634. The molecule has 88 valence electrons. The van der Waals surface area contributed by atoms with Crippen molar-refractivity contribution in [2.24, 2.45) is 0 Å². The Morgan fingerprint density at radius 1 is 1.31 bits per heavy atom. The minimum Gasteiger partial charge on any atom is -0.552 e. The largest absolute Gasteiger partial charge is 0.552 e. The van der Waals surface area contributed by atoms with E-state index in [0.29, 0.717) is 16.0 Å². The van der Waals surface area contributed by atoms with Crippen LogP contribution in [0.2, 0.25) is 0 Å². The first-order chi connectivity index (χ1) is 7.32. The highest BCUT2D eigenvalue weighted by Gasteiger charge is 2.24. The second-order valence-electron chi connectivity index (χ2n) is 5.18. The number of carbonyl (C=O) groups is 1. The van der Waals surface area contributed by atoms with Crippen LogP contribution in [0, 0.1) is 13.8 Å². The van der Waals surface area contributed by atoms with Gasteiger partial charge in [-0.25, -0.2) is 0 Å².